The van der Waals surface area contributed by atoms with E-state index in [4.69, 9.17) is 16.3 Å². The Balaban J connectivity index is 1.34. The fraction of sp³-hybridized carbons (Fsp3) is 0.125. The van der Waals surface area contributed by atoms with Crippen LogP contribution in [-0.4, -0.2) is 39.8 Å². The van der Waals surface area contributed by atoms with E-state index in [1.54, 1.807) is 42.5 Å². The van der Waals surface area contributed by atoms with Crippen molar-refractivity contribution >= 4 is 41.6 Å². The Morgan fingerprint density at radius 3 is 2.45 bits per heavy atom. The minimum Gasteiger partial charge on any atom is -0.495 e. The van der Waals surface area contributed by atoms with Gasteiger partial charge in [-0.05, 0) is 66.7 Å². The van der Waals surface area contributed by atoms with E-state index in [1.807, 2.05) is 0 Å². The van der Waals surface area contributed by atoms with E-state index in [-0.39, 0.29) is 5.75 Å². The number of hydrogen-bond donors (Lipinski definition) is 4. The van der Waals surface area contributed by atoms with Gasteiger partial charge in [-0.3, -0.25) is 0 Å². The fourth-order valence-electron chi connectivity index (χ4n) is 3.29. The number of urea groups is 1. The van der Waals surface area contributed by atoms with Crippen LogP contribution in [0.2, 0.25) is 5.02 Å². The maximum Gasteiger partial charge on any atom is 0.573 e. The number of anilines is 2. The molecule has 2 amide bonds. The van der Waals surface area contributed by atoms with Crippen LogP contribution in [0.3, 0.4) is 0 Å². The summed E-state index contributed by atoms with van der Waals surface area (Å²) < 4.78 is 47.6. The van der Waals surface area contributed by atoms with Gasteiger partial charge in [0.25, 0.3) is 0 Å². The van der Waals surface area contributed by atoms with E-state index >= 15 is 0 Å². The molecule has 198 valence electrons. The van der Waals surface area contributed by atoms with Crippen LogP contribution in [0.25, 0.3) is 17.1 Å². The predicted molar refractivity (Wildman–Crippen MR) is 140 cm³/mol. The Hall–Kier alpha value is -4.10. The summed E-state index contributed by atoms with van der Waals surface area (Å²) in [4.78, 5) is 16.6. The second-order valence-corrected chi connectivity index (χ2v) is 8.57. The molecular weight excluding hydrogens is 545 g/mol. The molecule has 4 rings (SSSR count). The second kappa shape index (κ2) is 11.5. The number of methoxy groups -OCH3 is 1. The number of rotatable bonds is 8. The summed E-state index contributed by atoms with van der Waals surface area (Å²) >= 11 is 10.3. The molecule has 0 spiro atoms. The molecular formula is C24H20ClF3N6O3S. The zero-order valence-corrected chi connectivity index (χ0v) is 21.2. The van der Waals surface area contributed by atoms with Crippen molar-refractivity contribution in [2.45, 2.75) is 11.9 Å². The minimum absolute atomic E-state index is 0.335. The van der Waals surface area contributed by atoms with Crippen LogP contribution in [0.15, 0.2) is 73.1 Å². The highest BCUT2D eigenvalue weighted by atomic mass is 35.5. The second-order valence-electron chi connectivity index (χ2n) is 7.62. The van der Waals surface area contributed by atoms with E-state index in [0.717, 1.165) is 0 Å². The van der Waals surface area contributed by atoms with Crippen LogP contribution in [-0.2, 0) is 0 Å². The van der Waals surface area contributed by atoms with Crippen LogP contribution in [0, 0.1) is 0 Å². The van der Waals surface area contributed by atoms with Crippen molar-refractivity contribution in [3.8, 4) is 28.6 Å². The molecule has 0 aliphatic heterocycles. The summed E-state index contributed by atoms with van der Waals surface area (Å²) in [5.74, 6) is 0.583. The molecule has 0 saturated heterocycles. The predicted octanol–water partition coefficient (Wildman–Crippen LogP) is 5.94. The lowest BCUT2D eigenvalue weighted by Gasteiger charge is -2.18. The van der Waals surface area contributed by atoms with E-state index in [1.165, 1.54) is 42.4 Å². The highest BCUT2D eigenvalue weighted by molar-refractivity contribution is 7.81. The monoisotopic (exact) mass is 564 g/mol. The number of hydrogen-bond acceptors (Lipinski definition) is 7. The summed E-state index contributed by atoms with van der Waals surface area (Å²) in [6.45, 7) is 0. The molecule has 1 aromatic heterocycles. The minimum atomic E-state index is -4.76. The molecule has 0 radical (unpaired) electrons. The Morgan fingerprint density at radius 1 is 1.08 bits per heavy atom. The molecule has 38 heavy (non-hydrogen) atoms. The van der Waals surface area contributed by atoms with Gasteiger partial charge >= 0.3 is 12.4 Å². The van der Waals surface area contributed by atoms with Crippen molar-refractivity contribution in [3.05, 3.63) is 78.1 Å². The maximum absolute atomic E-state index is 12.4. The molecule has 0 aliphatic carbocycles. The van der Waals surface area contributed by atoms with Crippen molar-refractivity contribution in [2.75, 3.05) is 17.7 Å². The van der Waals surface area contributed by atoms with Gasteiger partial charge in [-0.25, -0.2) is 14.5 Å². The van der Waals surface area contributed by atoms with Crippen LogP contribution in [0.5, 0.6) is 11.5 Å². The smallest absolute Gasteiger partial charge is 0.495 e. The summed E-state index contributed by atoms with van der Waals surface area (Å²) in [7, 11) is 1.51. The largest absolute Gasteiger partial charge is 0.573 e. The van der Waals surface area contributed by atoms with Crippen molar-refractivity contribution < 1.29 is 27.4 Å². The summed E-state index contributed by atoms with van der Waals surface area (Å²) in [5, 5.41) is 13.2. The van der Waals surface area contributed by atoms with Gasteiger partial charge in [0.1, 0.15) is 23.3 Å². The first-order valence-corrected chi connectivity index (χ1v) is 11.7. The quantitative estimate of drug-likeness (QED) is 0.156. The van der Waals surface area contributed by atoms with E-state index in [2.05, 4.69) is 43.4 Å². The van der Waals surface area contributed by atoms with Crippen molar-refractivity contribution in [3.63, 3.8) is 0 Å². The summed E-state index contributed by atoms with van der Waals surface area (Å²) in [6.07, 6.45) is -3.33. The van der Waals surface area contributed by atoms with Gasteiger partial charge in [0.15, 0.2) is 5.82 Å². The van der Waals surface area contributed by atoms with Crippen LogP contribution < -0.4 is 25.4 Å². The molecule has 1 unspecified atom stereocenters. The number of carbonyl (C=O) groups is 1. The third-order valence-electron chi connectivity index (χ3n) is 4.95. The van der Waals surface area contributed by atoms with Gasteiger partial charge in [-0.2, -0.15) is 0 Å². The van der Waals surface area contributed by atoms with E-state index in [9.17, 15) is 18.0 Å². The third-order valence-corrected chi connectivity index (χ3v) is 5.44. The molecule has 0 fully saturated rings. The van der Waals surface area contributed by atoms with Crippen molar-refractivity contribution in [1.82, 2.24) is 20.1 Å². The Kier molecular flexibility index (Phi) is 8.17. The third kappa shape index (κ3) is 7.23. The van der Waals surface area contributed by atoms with Gasteiger partial charge in [0.2, 0.25) is 0 Å². The lowest BCUT2D eigenvalue weighted by atomic mass is 10.2. The maximum atomic E-state index is 12.4. The van der Waals surface area contributed by atoms with Crippen molar-refractivity contribution in [2.24, 2.45) is 0 Å². The van der Waals surface area contributed by atoms with Gasteiger partial charge in [-0.15, -0.1) is 30.9 Å². The molecule has 0 saturated carbocycles. The molecule has 9 nitrogen and oxygen atoms in total. The van der Waals surface area contributed by atoms with Gasteiger partial charge in [0.05, 0.1) is 18.5 Å². The number of amides is 2. The number of thiol groups is 1. The lowest BCUT2D eigenvalue weighted by molar-refractivity contribution is -0.274. The summed E-state index contributed by atoms with van der Waals surface area (Å²) in [5.41, 5.74) is 1.48. The Bertz CT molecular complexity index is 1400. The fourth-order valence-corrected chi connectivity index (χ4v) is 3.72. The molecule has 1 heterocycles. The lowest BCUT2D eigenvalue weighted by Crippen LogP contribution is -2.39. The Labute approximate surface area is 225 Å². The Morgan fingerprint density at radius 2 is 1.79 bits per heavy atom. The first-order chi connectivity index (χ1) is 18.1. The number of carbonyl (C=O) groups excluding carboxylic acids is 1. The summed E-state index contributed by atoms with van der Waals surface area (Å²) in [6, 6.07) is 16.5. The molecule has 0 bridgehead atoms. The molecule has 3 aromatic carbocycles. The van der Waals surface area contributed by atoms with Crippen LogP contribution >= 0.6 is 24.2 Å². The van der Waals surface area contributed by atoms with E-state index in [0.29, 0.717) is 39.2 Å². The number of benzene rings is 3. The first kappa shape index (κ1) is 26.9. The SMILES string of the molecule is COc1ccc(Cl)cc1NC(S)NC(=O)Nc1ccc(-c2ncn(-c3ccc(OC(F)(F)F)cc3)n2)cc1. The van der Waals surface area contributed by atoms with Gasteiger partial charge in [0, 0.05) is 16.3 Å². The first-order valence-electron chi connectivity index (χ1n) is 10.8. The number of nitrogens with one attached hydrogen (secondary N) is 3. The average molecular weight is 565 g/mol. The zero-order chi connectivity index (χ0) is 27.3. The van der Waals surface area contributed by atoms with Gasteiger partial charge < -0.3 is 25.4 Å². The standard InChI is InChI=1S/C24H20ClF3N6O3S/c1-36-20-11-4-15(25)12-19(20)31-23(38)32-22(35)30-16-5-2-14(3-6-16)21-29-13-34(33-21)17-7-9-18(10-8-17)37-24(26,27)28/h2-13,23,31,38H,1H3,(H2,30,32,35). The highest BCUT2D eigenvalue weighted by Gasteiger charge is 2.31. The average Bonchev–Trinajstić information content (AvgIpc) is 3.34. The topological polar surface area (TPSA) is 102 Å². The normalized spacial score (nSPS) is 11.9. The van der Waals surface area contributed by atoms with Gasteiger partial charge in [-0.1, -0.05) is 11.6 Å². The number of nitrogens with zero attached hydrogens (tertiary/aromatic N) is 3. The molecule has 4 aromatic rings. The molecule has 3 N–H and O–H groups in total. The number of alkyl halides is 3. The number of ether oxygens (including phenoxy) is 2. The molecule has 0 aliphatic rings. The molecule has 14 heteroatoms. The van der Waals surface area contributed by atoms with Crippen molar-refractivity contribution in [1.29, 1.82) is 0 Å². The van der Waals surface area contributed by atoms with E-state index < -0.39 is 17.9 Å². The van der Waals surface area contributed by atoms with Crippen LogP contribution in [0.4, 0.5) is 29.3 Å². The highest BCUT2D eigenvalue weighted by Crippen LogP contribution is 2.28. The zero-order valence-electron chi connectivity index (χ0n) is 19.5. The number of aromatic nitrogens is 3. The number of halogens is 4. The molecule has 1 atom stereocenters. The van der Waals surface area contributed by atoms with Crippen LogP contribution in [0.1, 0.15) is 0 Å².